The lowest BCUT2D eigenvalue weighted by Gasteiger charge is -2.29. The van der Waals surface area contributed by atoms with Crippen LogP contribution >= 0.6 is 0 Å². The Morgan fingerprint density at radius 1 is 1.14 bits per heavy atom. The topological polar surface area (TPSA) is 182 Å². The van der Waals surface area contributed by atoms with Gasteiger partial charge in [-0.15, -0.1) is 0 Å². The van der Waals surface area contributed by atoms with Crippen molar-refractivity contribution in [3.63, 3.8) is 0 Å². The lowest BCUT2D eigenvalue weighted by Crippen LogP contribution is -2.58. The summed E-state index contributed by atoms with van der Waals surface area (Å²) in [5.74, 6) is -3.82. The summed E-state index contributed by atoms with van der Waals surface area (Å²) < 4.78 is 0. The van der Waals surface area contributed by atoms with Crippen molar-refractivity contribution in [2.75, 3.05) is 6.54 Å². The van der Waals surface area contributed by atoms with Crippen LogP contribution in [0.2, 0.25) is 0 Å². The fourth-order valence-corrected chi connectivity index (χ4v) is 4.16. The van der Waals surface area contributed by atoms with E-state index in [9.17, 15) is 29.2 Å². The predicted octanol–water partition coefficient (Wildman–Crippen LogP) is -0.950. The number of benzene rings is 1. The zero-order chi connectivity index (χ0) is 26.1. The number of rotatable bonds is 12. The largest absolute Gasteiger partial charge is 0.481 e. The Hall–Kier alpha value is -2.96. The Morgan fingerprint density at radius 2 is 1.80 bits per heavy atom. The molecule has 2 rings (SSSR count). The summed E-state index contributed by atoms with van der Waals surface area (Å²) in [5, 5.41) is 33.7. The van der Waals surface area contributed by atoms with Gasteiger partial charge in [0.1, 0.15) is 12.1 Å². The molecule has 1 aliphatic rings. The van der Waals surface area contributed by atoms with Crippen molar-refractivity contribution in [1.82, 2.24) is 15.5 Å². The molecule has 1 aliphatic heterocycles. The zero-order valence-corrected chi connectivity index (χ0v) is 20.1. The van der Waals surface area contributed by atoms with Gasteiger partial charge in [0, 0.05) is 13.0 Å². The van der Waals surface area contributed by atoms with Crippen molar-refractivity contribution in [2.45, 2.75) is 70.0 Å². The number of nitrogens with two attached hydrogens (primary N) is 1. The number of carboxylic acid groups (broad SMARTS) is 1. The predicted molar refractivity (Wildman–Crippen MR) is 129 cm³/mol. The molecule has 1 aromatic carbocycles. The third-order valence-electron chi connectivity index (χ3n) is 5.88. The highest BCUT2D eigenvalue weighted by molar-refractivity contribution is 6.43. The minimum atomic E-state index is -1.77. The number of carbonyl (C=O) groups is 4. The first-order valence-corrected chi connectivity index (χ1v) is 11.8. The molecular weight excluding hydrogens is 455 g/mol. The molecule has 0 radical (unpaired) electrons. The van der Waals surface area contributed by atoms with Crippen LogP contribution in [0.5, 0.6) is 0 Å². The van der Waals surface area contributed by atoms with Crippen LogP contribution in [0.3, 0.4) is 0 Å². The van der Waals surface area contributed by atoms with Crippen molar-refractivity contribution >= 4 is 30.8 Å². The fraction of sp³-hybridized carbons (Fsp3) is 0.565. The molecule has 12 heteroatoms. The smallest absolute Gasteiger partial charge is 0.475 e. The van der Waals surface area contributed by atoms with Gasteiger partial charge in [-0.05, 0) is 30.7 Å². The molecule has 35 heavy (non-hydrogen) atoms. The molecule has 1 aromatic rings. The van der Waals surface area contributed by atoms with E-state index in [1.165, 1.54) is 4.90 Å². The van der Waals surface area contributed by atoms with Gasteiger partial charge in [-0.3, -0.25) is 19.2 Å². The lowest BCUT2D eigenvalue weighted by molar-refractivity contribution is -0.144. The average Bonchev–Trinajstić information content (AvgIpc) is 3.27. The van der Waals surface area contributed by atoms with E-state index in [1.54, 1.807) is 24.3 Å². The first-order chi connectivity index (χ1) is 16.5. The standard InChI is InChI=1S/C23H35BN4O7/c1-14(2)11-19(24(34)35)27-21(31)17(12-15-7-4-3-5-8-15)26-22(32)18-9-6-10-28(18)23(33)16(25)13-20(29)30/h3-5,7-8,14,16-19,34-35H,6,9-13,25H2,1-2H3,(H,26,32)(H,27,31)(H,29,30)/t16?,17-,18-,19-/m0/s1. The van der Waals surface area contributed by atoms with E-state index in [4.69, 9.17) is 10.8 Å². The second-order valence-corrected chi connectivity index (χ2v) is 9.30. The first-order valence-electron chi connectivity index (χ1n) is 11.8. The van der Waals surface area contributed by atoms with Crippen molar-refractivity contribution in [3.05, 3.63) is 35.9 Å². The minimum Gasteiger partial charge on any atom is -0.481 e. The van der Waals surface area contributed by atoms with Gasteiger partial charge in [0.05, 0.1) is 18.4 Å². The number of hydrogen-bond donors (Lipinski definition) is 6. The number of nitrogens with zero attached hydrogens (tertiary/aromatic N) is 1. The van der Waals surface area contributed by atoms with Gasteiger partial charge < -0.3 is 36.4 Å². The third kappa shape index (κ3) is 8.64. The van der Waals surface area contributed by atoms with Crippen LogP contribution < -0.4 is 16.4 Å². The molecule has 192 valence electrons. The molecule has 1 unspecified atom stereocenters. The molecule has 1 heterocycles. The zero-order valence-electron chi connectivity index (χ0n) is 20.1. The Bertz CT molecular complexity index is 884. The molecule has 1 saturated heterocycles. The Balaban J connectivity index is 2.18. The van der Waals surface area contributed by atoms with E-state index in [-0.39, 0.29) is 18.9 Å². The van der Waals surface area contributed by atoms with E-state index < -0.39 is 61.3 Å². The van der Waals surface area contributed by atoms with Crippen LogP contribution in [-0.2, 0) is 25.6 Å². The molecule has 7 N–H and O–H groups in total. The summed E-state index contributed by atoms with van der Waals surface area (Å²) in [5.41, 5.74) is 6.50. The second-order valence-electron chi connectivity index (χ2n) is 9.30. The maximum absolute atomic E-state index is 13.2. The van der Waals surface area contributed by atoms with E-state index >= 15 is 0 Å². The van der Waals surface area contributed by atoms with Crippen LogP contribution in [0.25, 0.3) is 0 Å². The number of carboxylic acids is 1. The molecule has 11 nitrogen and oxygen atoms in total. The minimum absolute atomic E-state index is 0.0809. The summed E-state index contributed by atoms with van der Waals surface area (Å²) in [6.07, 6.45) is 0.799. The van der Waals surface area contributed by atoms with E-state index in [1.807, 2.05) is 19.9 Å². The number of nitrogens with one attached hydrogen (secondary N) is 2. The van der Waals surface area contributed by atoms with Gasteiger partial charge in [0.25, 0.3) is 0 Å². The highest BCUT2D eigenvalue weighted by atomic mass is 16.4. The summed E-state index contributed by atoms with van der Waals surface area (Å²) in [6.45, 7) is 4.02. The van der Waals surface area contributed by atoms with Crippen molar-refractivity contribution < 1.29 is 34.3 Å². The second kappa shape index (κ2) is 13.2. The lowest BCUT2D eigenvalue weighted by atomic mass is 9.75. The number of amides is 3. The molecule has 0 aliphatic carbocycles. The van der Waals surface area contributed by atoms with Crippen molar-refractivity contribution in [2.24, 2.45) is 11.7 Å². The number of aliphatic carboxylic acids is 1. The molecule has 0 bridgehead atoms. The number of likely N-dealkylation sites (tertiary alicyclic amines) is 1. The molecule has 0 aromatic heterocycles. The number of carbonyl (C=O) groups excluding carboxylic acids is 3. The Morgan fingerprint density at radius 3 is 2.37 bits per heavy atom. The molecule has 0 spiro atoms. The van der Waals surface area contributed by atoms with Gasteiger partial charge in [-0.25, -0.2) is 0 Å². The third-order valence-corrected chi connectivity index (χ3v) is 5.88. The SMILES string of the molecule is CC(C)C[C@H](NC(=O)[C@H](Cc1ccccc1)NC(=O)[C@@H]1CCCN1C(=O)C(N)CC(=O)O)B(O)O. The summed E-state index contributed by atoms with van der Waals surface area (Å²) in [7, 11) is -1.77. The quantitative estimate of drug-likeness (QED) is 0.203. The van der Waals surface area contributed by atoms with Crippen LogP contribution in [-0.4, -0.2) is 81.5 Å². The fourth-order valence-electron chi connectivity index (χ4n) is 4.16. The van der Waals surface area contributed by atoms with Crippen molar-refractivity contribution in [3.8, 4) is 0 Å². The normalized spacial score (nSPS) is 18.0. The van der Waals surface area contributed by atoms with Gasteiger partial charge in [-0.1, -0.05) is 44.2 Å². The molecule has 3 amide bonds. The van der Waals surface area contributed by atoms with E-state index in [2.05, 4.69) is 10.6 Å². The molecular formula is C23H35BN4O7. The molecule has 1 fully saturated rings. The van der Waals surface area contributed by atoms with Crippen LogP contribution in [0, 0.1) is 5.92 Å². The van der Waals surface area contributed by atoms with E-state index in [0.717, 1.165) is 5.56 Å². The van der Waals surface area contributed by atoms with Crippen LogP contribution in [0.1, 0.15) is 45.1 Å². The molecule has 4 atom stereocenters. The number of hydrogen-bond acceptors (Lipinski definition) is 7. The maximum Gasteiger partial charge on any atom is 0.475 e. The van der Waals surface area contributed by atoms with Gasteiger partial charge in [-0.2, -0.15) is 0 Å². The Kier molecular flexibility index (Phi) is 10.7. The monoisotopic (exact) mass is 490 g/mol. The average molecular weight is 490 g/mol. The van der Waals surface area contributed by atoms with Gasteiger partial charge in [0.15, 0.2) is 0 Å². The highest BCUT2D eigenvalue weighted by Gasteiger charge is 2.38. The highest BCUT2D eigenvalue weighted by Crippen LogP contribution is 2.19. The van der Waals surface area contributed by atoms with Gasteiger partial charge in [0.2, 0.25) is 17.7 Å². The van der Waals surface area contributed by atoms with Crippen LogP contribution in [0.4, 0.5) is 0 Å². The summed E-state index contributed by atoms with van der Waals surface area (Å²) in [4.78, 5) is 51.1. The Labute approximate surface area is 205 Å². The maximum atomic E-state index is 13.2. The van der Waals surface area contributed by atoms with Crippen molar-refractivity contribution in [1.29, 1.82) is 0 Å². The summed E-state index contributed by atoms with van der Waals surface area (Å²) >= 11 is 0. The van der Waals surface area contributed by atoms with Gasteiger partial charge >= 0.3 is 13.1 Å². The van der Waals surface area contributed by atoms with E-state index in [0.29, 0.717) is 19.3 Å². The first kappa shape index (κ1) is 28.3. The summed E-state index contributed by atoms with van der Waals surface area (Å²) in [6, 6.07) is 5.82. The molecule has 0 saturated carbocycles. The van der Waals surface area contributed by atoms with Crippen LogP contribution in [0.15, 0.2) is 30.3 Å².